The number of para-hydroxylation sites is 1. The number of methoxy groups -OCH3 is 1. The van der Waals surface area contributed by atoms with Crippen LogP contribution in [0.5, 0.6) is 5.75 Å². The minimum Gasteiger partial charge on any atom is -0.481 e. The zero-order valence-electron chi connectivity index (χ0n) is 12.1. The van der Waals surface area contributed by atoms with Gasteiger partial charge < -0.3 is 19.9 Å². The number of ether oxygens (including phenoxy) is 2. The van der Waals surface area contributed by atoms with Crippen molar-refractivity contribution in [1.29, 1.82) is 0 Å². The molecule has 114 valence electrons. The smallest absolute Gasteiger partial charge is 0.305 e. The molecule has 1 amide bonds. The van der Waals surface area contributed by atoms with Crippen molar-refractivity contribution in [1.82, 2.24) is 5.32 Å². The van der Waals surface area contributed by atoms with Crippen molar-refractivity contribution >= 4 is 11.9 Å². The van der Waals surface area contributed by atoms with Crippen LogP contribution in [0.2, 0.25) is 0 Å². The van der Waals surface area contributed by atoms with Crippen LogP contribution >= 0.6 is 0 Å². The van der Waals surface area contributed by atoms with Crippen LogP contribution in [0.1, 0.15) is 18.9 Å². The van der Waals surface area contributed by atoms with Gasteiger partial charge in [-0.25, -0.2) is 0 Å². The molecule has 21 heavy (non-hydrogen) atoms. The minimum absolute atomic E-state index is 0.116. The lowest BCUT2D eigenvalue weighted by molar-refractivity contribution is -0.140. The Hall–Kier alpha value is -2.08. The number of rotatable bonds is 6. The first-order chi connectivity index (χ1) is 9.93. The number of carbonyl (C=O) groups is 2. The van der Waals surface area contributed by atoms with Gasteiger partial charge >= 0.3 is 5.97 Å². The van der Waals surface area contributed by atoms with E-state index in [-0.39, 0.29) is 18.9 Å². The lowest BCUT2D eigenvalue weighted by Crippen LogP contribution is -2.54. The van der Waals surface area contributed by atoms with Gasteiger partial charge in [0, 0.05) is 13.5 Å². The Morgan fingerprint density at radius 2 is 2.19 bits per heavy atom. The monoisotopic (exact) mass is 293 g/mol. The van der Waals surface area contributed by atoms with E-state index in [2.05, 4.69) is 5.32 Å². The van der Waals surface area contributed by atoms with E-state index in [1.54, 1.807) is 6.92 Å². The first-order valence-electron chi connectivity index (χ1n) is 6.71. The normalized spacial score (nSPS) is 19.2. The molecule has 0 spiro atoms. The van der Waals surface area contributed by atoms with Crippen LogP contribution in [0.15, 0.2) is 24.3 Å². The van der Waals surface area contributed by atoms with Crippen LogP contribution < -0.4 is 10.1 Å². The van der Waals surface area contributed by atoms with E-state index in [9.17, 15) is 9.59 Å². The van der Waals surface area contributed by atoms with E-state index in [0.717, 1.165) is 5.56 Å². The van der Waals surface area contributed by atoms with Gasteiger partial charge in [0.15, 0.2) is 6.10 Å². The number of aliphatic carboxylic acids is 1. The summed E-state index contributed by atoms with van der Waals surface area (Å²) in [6.07, 6.45) is -0.364. The van der Waals surface area contributed by atoms with Crippen LogP contribution in [0.3, 0.4) is 0 Å². The SMILES string of the molecule is COCC(C)(CC(=O)O)NC(=O)C1Cc2ccccc2O1. The molecular weight excluding hydrogens is 274 g/mol. The van der Waals surface area contributed by atoms with Crippen molar-refractivity contribution in [3.63, 3.8) is 0 Å². The Morgan fingerprint density at radius 3 is 2.81 bits per heavy atom. The van der Waals surface area contributed by atoms with Gasteiger partial charge in [-0.05, 0) is 18.6 Å². The van der Waals surface area contributed by atoms with Crippen molar-refractivity contribution < 1.29 is 24.2 Å². The zero-order valence-corrected chi connectivity index (χ0v) is 12.1. The molecule has 0 aliphatic carbocycles. The highest BCUT2D eigenvalue weighted by atomic mass is 16.5. The Morgan fingerprint density at radius 1 is 1.48 bits per heavy atom. The van der Waals surface area contributed by atoms with Crippen molar-refractivity contribution in [2.75, 3.05) is 13.7 Å². The van der Waals surface area contributed by atoms with E-state index >= 15 is 0 Å². The molecule has 1 aliphatic rings. The van der Waals surface area contributed by atoms with Gasteiger partial charge in [-0.2, -0.15) is 0 Å². The fraction of sp³-hybridized carbons (Fsp3) is 0.467. The quantitative estimate of drug-likeness (QED) is 0.817. The Labute approximate surface area is 123 Å². The standard InChI is InChI=1S/C15H19NO5/c1-15(9-20-2,8-13(17)18)16-14(19)12-7-10-5-3-4-6-11(10)21-12/h3-6,12H,7-9H2,1-2H3,(H,16,19)(H,17,18). The number of carboxylic acid groups (broad SMARTS) is 1. The average Bonchev–Trinajstić information content (AvgIpc) is 2.81. The second kappa shape index (κ2) is 6.13. The number of hydrogen-bond acceptors (Lipinski definition) is 4. The molecule has 0 fully saturated rings. The third-order valence-corrected chi connectivity index (χ3v) is 3.37. The fourth-order valence-corrected chi connectivity index (χ4v) is 2.49. The number of carbonyl (C=O) groups excluding carboxylic acids is 1. The van der Waals surface area contributed by atoms with Crippen molar-refractivity contribution in [2.24, 2.45) is 0 Å². The molecule has 1 heterocycles. The summed E-state index contributed by atoms with van der Waals surface area (Å²) in [5.41, 5.74) is 0.0137. The number of nitrogens with one attached hydrogen (secondary N) is 1. The fourth-order valence-electron chi connectivity index (χ4n) is 2.49. The number of benzene rings is 1. The first kappa shape index (κ1) is 15.3. The summed E-state index contributed by atoms with van der Waals surface area (Å²) in [6.45, 7) is 1.76. The maximum absolute atomic E-state index is 12.3. The summed E-state index contributed by atoms with van der Waals surface area (Å²) < 4.78 is 10.6. The molecule has 1 aliphatic heterocycles. The van der Waals surface area contributed by atoms with Crippen LogP contribution in [0.25, 0.3) is 0 Å². The van der Waals surface area contributed by atoms with E-state index < -0.39 is 17.6 Å². The molecule has 0 saturated carbocycles. The maximum atomic E-state index is 12.3. The minimum atomic E-state index is -0.995. The molecule has 2 unspecified atom stereocenters. The first-order valence-corrected chi connectivity index (χ1v) is 6.71. The van der Waals surface area contributed by atoms with Crippen molar-refractivity contribution in [3.8, 4) is 5.75 Å². The largest absolute Gasteiger partial charge is 0.481 e. The van der Waals surface area contributed by atoms with E-state index in [4.69, 9.17) is 14.6 Å². The molecular formula is C15H19NO5. The molecule has 0 bridgehead atoms. The van der Waals surface area contributed by atoms with Crippen LogP contribution in [0.4, 0.5) is 0 Å². The summed E-state index contributed by atoms with van der Waals surface area (Å²) >= 11 is 0. The third-order valence-electron chi connectivity index (χ3n) is 3.37. The summed E-state index contributed by atoms with van der Waals surface area (Å²) in [5.74, 6) is -0.623. The molecule has 6 heteroatoms. The topological polar surface area (TPSA) is 84.9 Å². The highest BCUT2D eigenvalue weighted by molar-refractivity contribution is 5.84. The number of hydrogen-bond donors (Lipinski definition) is 2. The maximum Gasteiger partial charge on any atom is 0.305 e. The molecule has 1 aromatic carbocycles. The molecule has 2 rings (SSSR count). The number of carboxylic acids is 1. The van der Waals surface area contributed by atoms with Gasteiger partial charge in [0.05, 0.1) is 18.6 Å². The Kier molecular flexibility index (Phi) is 4.47. The van der Waals surface area contributed by atoms with Gasteiger partial charge in [0.2, 0.25) is 0 Å². The van der Waals surface area contributed by atoms with E-state index in [0.29, 0.717) is 12.2 Å². The zero-order chi connectivity index (χ0) is 15.5. The average molecular weight is 293 g/mol. The van der Waals surface area contributed by atoms with Gasteiger partial charge in [-0.15, -0.1) is 0 Å². The highest BCUT2D eigenvalue weighted by Crippen LogP contribution is 2.28. The highest BCUT2D eigenvalue weighted by Gasteiger charge is 2.35. The van der Waals surface area contributed by atoms with Crippen molar-refractivity contribution in [3.05, 3.63) is 29.8 Å². The third kappa shape index (κ3) is 3.72. The number of amides is 1. The second-order valence-corrected chi connectivity index (χ2v) is 5.47. The van der Waals surface area contributed by atoms with Gasteiger partial charge in [-0.1, -0.05) is 18.2 Å². The molecule has 2 atom stereocenters. The van der Waals surface area contributed by atoms with Crippen LogP contribution in [-0.4, -0.2) is 42.3 Å². The van der Waals surface area contributed by atoms with Gasteiger partial charge in [0.1, 0.15) is 5.75 Å². The van der Waals surface area contributed by atoms with Crippen molar-refractivity contribution in [2.45, 2.75) is 31.4 Å². The summed E-state index contributed by atoms with van der Waals surface area (Å²) in [7, 11) is 1.47. The predicted molar refractivity (Wildman–Crippen MR) is 75.2 cm³/mol. The lowest BCUT2D eigenvalue weighted by Gasteiger charge is -2.29. The second-order valence-electron chi connectivity index (χ2n) is 5.47. The molecule has 0 aromatic heterocycles. The van der Waals surface area contributed by atoms with E-state index in [1.807, 2.05) is 24.3 Å². The van der Waals surface area contributed by atoms with E-state index in [1.165, 1.54) is 7.11 Å². The predicted octanol–water partition coefficient (Wildman–Crippen LogP) is 0.986. The summed E-state index contributed by atoms with van der Waals surface area (Å²) in [6, 6.07) is 7.46. The Balaban J connectivity index is 2.02. The molecule has 0 saturated heterocycles. The van der Waals surface area contributed by atoms with Crippen LogP contribution in [-0.2, 0) is 20.7 Å². The summed E-state index contributed by atoms with van der Waals surface area (Å²) in [5, 5.41) is 11.7. The van der Waals surface area contributed by atoms with Crippen LogP contribution in [0, 0.1) is 0 Å². The Bertz CT molecular complexity index is 520. The molecule has 2 N–H and O–H groups in total. The summed E-state index contributed by atoms with van der Waals surface area (Å²) in [4.78, 5) is 23.2. The lowest BCUT2D eigenvalue weighted by atomic mass is 9.98. The van der Waals surface area contributed by atoms with Gasteiger partial charge in [-0.3, -0.25) is 9.59 Å². The van der Waals surface area contributed by atoms with Gasteiger partial charge in [0.25, 0.3) is 5.91 Å². The number of fused-ring (bicyclic) bond motifs is 1. The molecule has 1 aromatic rings. The molecule has 6 nitrogen and oxygen atoms in total. The molecule has 0 radical (unpaired) electrons.